The highest BCUT2D eigenvalue weighted by Gasteiger charge is 2.53. The molecular weight excluding hydrogens is 464 g/mol. The van der Waals surface area contributed by atoms with Crippen LogP contribution in [0.25, 0.3) is 0 Å². The first-order chi connectivity index (χ1) is 18.1. The normalized spacial score (nSPS) is 15.9. The van der Waals surface area contributed by atoms with Crippen LogP contribution in [-0.4, -0.2) is 18.5 Å². The molecule has 0 N–H and O–H groups in total. The van der Waals surface area contributed by atoms with Gasteiger partial charge in [-0.25, -0.2) is 0 Å². The molecule has 3 aromatic rings. The van der Waals surface area contributed by atoms with E-state index in [1.807, 2.05) is 91.0 Å². The van der Waals surface area contributed by atoms with Crippen molar-refractivity contribution in [2.45, 2.75) is 38.9 Å². The van der Waals surface area contributed by atoms with Gasteiger partial charge in [-0.2, -0.15) is 0 Å². The molecule has 0 fully saturated rings. The first kappa shape index (κ1) is 24.6. The van der Waals surface area contributed by atoms with Crippen LogP contribution in [0.2, 0.25) is 0 Å². The van der Waals surface area contributed by atoms with E-state index in [-0.39, 0.29) is 19.6 Å². The van der Waals surface area contributed by atoms with Gasteiger partial charge in [0.1, 0.15) is 25.6 Å². The Morgan fingerprint density at radius 2 is 1.19 bits per heavy atom. The van der Waals surface area contributed by atoms with Gasteiger partial charge in [0.05, 0.1) is 0 Å². The summed E-state index contributed by atoms with van der Waals surface area (Å²) in [6.45, 7) is 0.707. The van der Waals surface area contributed by atoms with Gasteiger partial charge in [0.2, 0.25) is 0 Å². The highest BCUT2D eigenvalue weighted by molar-refractivity contribution is 6.01. The molecular formula is C32H30O5. The van der Waals surface area contributed by atoms with E-state index in [1.165, 1.54) is 0 Å². The van der Waals surface area contributed by atoms with E-state index in [9.17, 15) is 9.59 Å². The van der Waals surface area contributed by atoms with Gasteiger partial charge in [-0.1, -0.05) is 90.5 Å². The van der Waals surface area contributed by atoms with Gasteiger partial charge in [0.15, 0.2) is 5.41 Å². The molecule has 0 radical (unpaired) electrons. The molecule has 2 aliphatic rings. The fraction of sp³-hybridized carbons (Fsp3) is 0.250. The molecule has 0 aromatic heterocycles. The van der Waals surface area contributed by atoms with Crippen molar-refractivity contribution in [3.05, 3.63) is 125 Å². The van der Waals surface area contributed by atoms with Crippen molar-refractivity contribution in [2.75, 3.05) is 6.61 Å². The molecule has 0 unspecified atom stereocenters. The summed E-state index contributed by atoms with van der Waals surface area (Å²) in [6.07, 6.45) is 4.32. The van der Waals surface area contributed by atoms with Gasteiger partial charge >= 0.3 is 11.9 Å². The van der Waals surface area contributed by atoms with Crippen LogP contribution >= 0.6 is 0 Å². The lowest BCUT2D eigenvalue weighted by atomic mass is 9.83. The Kier molecular flexibility index (Phi) is 7.50. The molecule has 5 rings (SSSR count). The summed E-state index contributed by atoms with van der Waals surface area (Å²) in [5.74, 6) is -0.239. The van der Waals surface area contributed by atoms with Crippen LogP contribution in [0.4, 0.5) is 0 Å². The maximum absolute atomic E-state index is 13.5. The summed E-state index contributed by atoms with van der Waals surface area (Å²) in [4.78, 5) is 27.1. The van der Waals surface area contributed by atoms with Crippen molar-refractivity contribution in [3.63, 3.8) is 0 Å². The summed E-state index contributed by atoms with van der Waals surface area (Å²) < 4.78 is 17.4. The van der Waals surface area contributed by atoms with Crippen molar-refractivity contribution < 1.29 is 23.8 Å². The molecule has 188 valence electrons. The van der Waals surface area contributed by atoms with E-state index in [0.29, 0.717) is 13.0 Å². The molecule has 0 heterocycles. The Labute approximate surface area is 217 Å². The van der Waals surface area contributed by atoms with Crippen LogP contribution in [0.3, 0.4) is 0 Å². The van der Waals surface area contributed by atoms with Crippen LogP contribution in [-0.2, 0) is 32.3 Å². The van der Waals surface area contributed by atoms with Gasteiger partial charge in [-0.3, -0.25) is 9.59 Å². The van der Waals surface area contributed by atoms with Gasteiger partial charge in [0.25, 0.3) is 0 Å². The molecule has 0 saturated heterocycles. The molecule has 37 heavy (non-hydrogen) atoms. The maximum atomic E-state index is 13.5. The van der Waals surface area contributed by atoms with Crippen molar-refractivity contribution in [1.29, 1.82) is 0 Å². The second-order valence-electron chi connectivity index (χ2n) is 9.59. The Bertz CT molecular complexity index is 1240. The minimum Gasteiger partial charge on any atom is -0.489 e. The second kappa shape index (κ2) is 11.3. The molecule has 5 nitrogen and oxygen atoms in total. The first-order valence-corrected chi connectivity index (χ1v) is 12.6. The lowest BCUT2D eigenvalue weighted by Gasteiger charge is -2.25. The summed E-state index contributed by atoms with van der Waals surface area (Å²) >= 11 is 0. The molecule has 0 bridgehead atoms. The number of allylic oxidation sites excluding steroid dienone is 3. The minimum absolute atomic E-state index is 0.115. The van der Waals surface area contributed by atoms with E-state index in [1.54, 1.807) is 0 Å². The van der Waals surface area contributed by atoms with Crippen molar-refractivity contribution >= 4 is 11.9 Å². The van der Waals surface area contributed by atoms with Gasteiger partial charge in [-0.05, 0) is 60.1 Å². The number of esters is 2. The summed E-state index contributed by atoms with van der Waals surface area (Å²) in [5, 5.41) is 0. The molecule has 0 atom stereocenters. The molecule has 0 amide bonds. The van der Waals surface area contributed by atoms with Crippen LogP contribution in [0.15, 0.2) is 114 Å². The zero-order chi connectivity index (χ0) is 25.5. The minimum atomic E-state index is -1.37. The molecule has 2 aliphatic carbocycles. The predicted octanol–water partition coefficient (Wildman–Crippen LogP) is 6.35. The molecule has 0 saturated carbocycles. The number of hydrogen-bond acceptors (Lipinski definition) is 5. The fourth-order valence-electron chi connectivity index (χ4n) is 4.92. The molecule has 0 aliphatic heterocycles. The Morgan fingerprint density at radius 3 is 1.76 bits per heavy atom. The highest BCUT2D eigenvalue weighted by atomic mass is 16.6. The van der Waals surface area contributed by atoms with Crippen molar-refractivity contribution in [2.24, 2.45) is 5.41 Å². The number of ether oxygens (including phenoxy) is 3. The third kappa shape index (κ3) is 5.83. The Balaban J connectivity index is 1.31. The highest BCUT2D eigenvalue weighted by Crippen LogP contribution is 2.48. The number of para-hydroxylation sites is 1. The predicted molar refractivity (Wildman–Crippen MR) is 140 cm³/mol. The number of carbonyl (C=O) groups is 2. The van der Waals surface area contributed by atoms with Crippen LogP contribution in [0.5, 0.6) is 5.75 Å². The number of rotatable bonds is 9. The van der Waals surface area contributed by atoms with E-state index in [0.717, 1.165) is 46.4 Å². The second-order valence-corrected chi connectivity index (χ2v) is 9.59. The van der Waals surface area contributed by atoms with E-state index in [4.69, 9.17) is 14.2 Å². The van der Waals surface area contributed by atoms with E-state index in [2.05, 4.69) is 6.08 Å². The Morgan fingerprint density at radius 1 is 0.649 bits per heavy atom. The third-order valence-electron chi connectivity index (χ3n) is 6.96. The zero-order valence-corrected chi connectivity index (χ0v) is 20.7. The van der Waals surface area contributed by atoms with Crippen LogP contribution in [0.1, 0.15) is 36.8 Å². The number of hydrogen-bond donors (Lipinski definition) is 0. The average Bonchev–Trinajstić information content (AvgIpc) is 3.35. The number of carbonyl (C=O) groups excluding carboxylic acids is 2. The number of benzene rings is 3. The van der Waals surface area contributed by atoms with Gasteiger partial charge < -0.3 is 14.2 Å². The molecule has 5 heteroatoms. The monoisotopic (exact) mass is 494 g/mol. The molecule has 3 aromatic carbocycles. The van der Waals surface area contributed by atoms with Gasteiger partial charge in [0, 0.05) is 0 Å². The van der Waals surface area contributed by atoms with E-state index < -0.39 is 17.4 Å². The van der Waals surface area contributed by atoms with Crippen LogP contribution < -0.4 is 4.74 Å². The largest absolute Gasteiger partial charge is 0.489 e. The first-order valence-electron chi connectivity index (χ1n) is 12.6. The van der Waals surface area contributed by atoms with Crippen molar-refractivity contribution in [3.8, 4) is 5.75 Å². The SMILES string of the molecule is O=C(OCc1ccccc1)C1(C(=O)OCc2ccccc2)CC2=C(CCC(COc3ccccc3)=C2)C1. The van der Waals surface area contributed by atoms with E-state index >= 15 is 0 Å². The summed E-state index contributed by atoms with van der Waals surface area (Å²) in [7, 11) is 0. The Hall–Kier alpha value is -4.12. The lowest BCUT2D eigenvalue weighted by Crippen LogP contribution is -2.40. The summed E-state index contributed by atoms with van der Waals surface area (Å²) in [5.41, 5.74) is 3.66. The standard InChI is InChI=1S/C32H30O5/c33-30(36-21-24-10-4-1-5-11-24)32(31(34)37-22-25-12-6-2-7-13-25)19-27-17-16-26(18-28(27)20-32)23-35-29-14-8-3-9-15-29/h1-15,18H,16-17,19-23H2. The quantitative estimate of drug-likeness (QED) is 0.256. The zero-order valence-electron chi connectivity index (χ0n) is 20.7. The maximum Gasteiger partial charge on any atom is 0.324 e. The van der Waals surface area contributed by atoms with Crippen molar-refractivity contribution in [1.82, 2.24) is 0 Å². The molecule has 0 spiro atoms. The topological polar surface area (TPSA) is 61.8 Å². The smallest absolute Gasteiger partial charge is 0.324 e. The third-order valence-corrected chi connectivity index (χ3v) is 6.96. The average molecular weight is 495 g/mol. The fourth-order valence-corrected chi connectivity index (χ4v) is 4.92. The lowest BCUT2D eigenvalue weighted by molar-refractivity contribution is -0.173. The summed E-state index contributed by atoms with van der Waals surface area (Å²) in [6, 6.07) is 28.7. The van der Waals surface area contributed by atoms with Gasteiger partial charge in [-0.15, -0.1) is 0 Å². The van der Waals surface area contributed by atoms with Crippen LogP contribution in [0, 0.1) is 5.41 Å².